The van der Waals surface area contributed by atoms with Gasteiger partial charge in [-0.25, -0.2) is 4.79 Å². The molecular weight excluding hydrogens is 420 g/mol. The molecule has 1 saturated carbocycles. The van der Waals surface area contributed by atoms with Crippen LogP contribution in [0.15, 0.2) is 48.5 Å². The fraction of sp³-hybridized carbons (Fsp3) is 0.423. The summed E-state index contributed by atoms with van der Waals surface area (Å²) >= 11 is 0. The molecule has 0 bridgehead atoms. The van der Waals surface area contributed by atoms with Crippen molar-refractivity contribution in [2.75, 3.05) is 13.2 Å². The van der Waals surface area contributed by atoms with Crippen molar-refractivity contribution < 1.29 is 24.2 Å². The number of fused-ring (bicyclic) bond motifs is 3. The average Bonchev–Trinajstić information content (AvgIpc) is 3.10. The van der Waals surface area contributed by atoms with E-state index in [0.717, 1.165) is 28.7 Å². The van der Waals surface area contributed by atoms with Crippen molar-refractivity contribution in [2.24, 2.45) is 5.41 Å². The number of hydrogen-bond acceptors (Lipinski definition) is 4. The lowest BCUT2D eigenvalue weighted by Gasteiger charge is -2.37. The Balaban J connectivity index is 1.36. The second-order valence-electron chi connectivity index (χ2n) is 8.97. The molecule has 0 aromatic heterocycles. The standard InChI is InChI=1S/C26H30N2O5/c1-2-8-22(23(29)27-16-26(24(30)31)13-7-14-26)28-25(32)33-15-21-19-11-5-3-9-17(19)18-10-4-6-12-20(18)21/h3-6,9-12,21-22H,2,7-8,13-16H2,1H3,(H,27,29)(H,28,32)(H,30,31)/t22-/m1/s1. The van der Waals surface area contributed by atoms with Gasteiger partial charge in [-0.2, -0.15) is 0 Å². The largest absolute Gasteiger partial charge is 0.481 e. The Morgan fingerprint density at radius 2 is 1.67 bits per heavy atom. The maximum Gasteiger partial charge on any atom is 0.407 e. The fourth-order valence-electron chi connectivity index (χ4n) is 4.79. The monoisotopic (exact) mass is 450 g/mol. The third-order valence-corrected chi connectivity index (χ3v) is 6.89. The van der Waals surface area contributed by atoms with E-state index < -0.39 is 23.5 Å². The van der Waals surface area contributed by atoms with Gasteiger partial charge in [0.25, 0.3) is 0 Å². The molecule has 7 heteroatoms. The minimum Gasteiger partial charge on any atom is -0.481 e. The number of carbonyl (C=O) groups is 3. The maximum atomic E-state index is 12.7. The van der Waals surface area contributed by atoms with Crippen LogP contribution in [0.3, 0.4) is 0 Å². The summed E-state index contributed by atoms with van der Waals surface area (Å²) in [4.78, 5) is 36.8. The fourth-order valence-corrected chi connectivity index (χ4v) is 4.79. The summed E-state index contributed by atoms with van der Waals surface area (Å²) in [6.45, 7) is 2.17. The highest BCUT2D eigenvalue weighted by atomic mass is 16.5. The second-order valence-corrected chi connectivity index (χ2v) is 8.97. The van der Waals surface area contributed by atoms with Gasteiger partial charge < -0.3 is 20.5 Å². The summed E-state index contributed by atoms with van der Waals surface area (Å²) in [5.41, 5.74) is 3.65. The predicted molar refractivity (Wildman–Crippen MR) is 124 cm³/mol. The van der Waals surface area contributed by atoms with Gasteiger partial charge in [0.1, 0.15) is 12.6 Å². The molecule has 1 fully saturated rings. The number of ether oxygens (including phenoxy) is 1. The first-order valence-corrected chi connectivity index (χ1v) is 11.6. The normalized spacial score (nSPS) is 16.6. The molecule has 0 spiro atoms. The van der Waals surface area contributed by atoms with Crippen molar-refractivity contribution in [2.45, 2.75) is 51.0 Å². The summed E-state index contributed by atoms with van der Waals surface area (Å²) in [5.74, 6) is -1.32. The number of rotatable bonds is 9. The maximum absolute atomic E-state index is 12.7. The van der Waals surface area contributed by atoms with Crippen LogP contribution in [-0.4, -0.2) is 42.3 Å². The van der Waals surface area contributed by atoms with Crippen LogP contribution in [0.5, 0.6) is 0 Å². The number of carboxylic acid groups (broad SMARTS) is 1. The number of alkyl carbamates (subject to hydrolysis) is 1. The van der Waals surface area contributed by atoms with Crippen molar-refractivity contribution in [1.82, 2.24) is 10.6 Å². The minimum atomic E-state index is -0.884. The van der Waals surface area contributed by atoms with Crippen LogP contribution in [0.4, 0.5) is 4.79 Å². The Kier molecular flexibility index (Phi) is 6.67. The molecule has 2 aromatic carbocycles. The van der Waals surface area contributed by atoms with E-state index in [4.69, 9.17) is 4.74 Å². The second kappa shape index (κ2) is 9.65. The zero-order valence-electron chi connectivity index (χ0n) is 18.8. The van der Waals surface area contributed by atoms with Crippen LogP contribution >= 0.6 is 0 Å². The first kappa shape index (κ1) is 22.8. The molecule has 0 radical (unpaired) electrons. The van der Waals surface area contributed by atoms with Gasteiger partial charge in [0.05, 0.1) is 5.41 Å². The van der Waals surface area contributed by atoms with Gasteiger partial charge in [0.2, 0.25) is 5.91 Å². The number of hydrogen-bond donors (Lipinski definition) is 3. The van der Waals surface area contributed by atoms with Crippen molar-refractivity contribution >= 4 is 18.0 Å². The highest BCUT2D eigenvalue weighted by molar-refractivity contribution is 5.86. The third-order valence-electron chi connectivity index (χ3n) is 6.89. The van der Waals surface area contributed by atoms with Crippen LogP contribution in [0.1, 0.15) is 56.1 Å². The van der Waals surface area contributed by atoms with Gasteiger partial charge in [0.15, 0.2) is 0 Å². The van der Waals surface area contributed by atoms with E-state index in [9.17, 15) is 19.5 Å². The van der Waals surface area contributed by atoms with Crippen molar-refractivity contribution in [3.63, 3.8) is 0 Å². The van der Waals surface area contributed by atoms with Gasteiger partial charge in [-0.3, -0.25) is 9.59 Å². The number of amides is 2. The molecule has 2 amide bonds. The van der Waals surface area contributed by atoms with Crippen LogP contribution in [0.2, 0.25) is 0 Å². The molecule has 4 rings (SSSR count). The number of carboxylic acids is 1. The Bertz CT molecular complexity index is 1000. The van der Waals surface area contributed by atoms with E-state index in [2.05, 4.69) is 22.8 Å². The smallest absolute Gasteiger partial charge is 0.407 e. The van der Waals surface area contributed by atoms with Gasteiger partial charge in [0, 0.05) is 12.5 Å². The van der Waals surface area contributed by atoms with Crippen LogP contribution < -0.4 is 10.6 Å². The van der Waals surface area contributed by atoms with Crippen molar-refractivity contribution in [3.8, 4) is 11.1 Å². The molecule has 1 atom stereocenters. The molecule has 33 heavy (non-hydrogen) atoms. The molecule has 2 aliphatic carbocycles. The zero-order valence-corrected chi connectivity index (χ0v) is 18.8. The van der Waals surface area contributed by atoms with E-state index in [1.54, 1.807) is 0 Å². The molecule has 2 aliphatic rings. The van der Waals surface area contributed by atoms with E-state index in [1.807, 2.05) is 43.3 Å². The van der Waals surface area contributed by atoms with Crippen LogP contribution in [-0.2, 0) is 14.3 Å². The van der Waals surface area contributed by atoms with Crippen LogP contribution in [0.25, 0.3) is 11.1 Å². The summed E-state index contributed by atoms with van der Waals surface area (Å²) in [6, 6.07) is 15.4. The summed E-state index contributed by atoms with van der Waals surface area (Å²) in [6.07, 6.45) is 2.43. The van der Waals surface area contributed by atoms with Crippen molar-refractivity contribution in [3.05, 3.63) is 59.7 Å². The topological polar surface area (TPSA) is 105 Å². The van der Waals surface area contributed by atoms with Gasteiger partial charge in [-0.05, 0) is 41.5 Å². The zero-order chi connectivity index (χ0) is 23.4. The number of aliphatic carboxylic acids is 1. The highest BCUT2D eigenvalue weighted by Crippen LogP contribution is 2.44. The van der Waals surface area contributed by atoms with E-state index in [-0.39, 0.29) is 25.0 Å². The molecule has 0 unspecified atom stereocenters. The minimum absolute atomic E-state index is 0.0596. The van der Waals surface area contributed by atoms with Gasteiger partial charge in [-0.1, -0.05) is 68.3 Å². The quantitative estimate of drug-likeness (QED) is 0.534. The average molecular weight is 451 g/mol. The number of nitrogens with one attached hydrogen (secondary N) is 2. The molecule has 2 aromatic rings. The first-order chi connectivity index (χ1) is 15.9. The lowest BCUT2D eigenvalue weighted by Crippen LogP contribution is -2.52. The summed E-state index contributed by atoms with van der Waals surface area (Å²) in [5, 5.41) is 14.9. The molecule has 0 saturated heterocycles. The Hall–Kier alpha value is -3.35. The summed E-state index contributed by atoms with van der Waals surface area (Å²) in [7, 11) is 0. The van der Waals surface area contributed by atoms with E-state index >= 15 is 0 Å². The SMILES string of the molecule is CCC[C@@H](NC(=O)OCC1c2ccccc2-c2ccccc21)C(=O)NCC1(C(=O)O)CCC1. The molecular formula is C26H30N2O5. The van der Waals surface area contributed by atoms with Gasteiger partial charge in [-0.15, -0.1) is 0 Å². The molecule has 174 valence electrons. The third kappa shape index (κ3) is 4.58. The Morgan fingerprint density at radius 1 is 1.06 bits per heavy atom. The van der Waals surface area contributed by atoms with Gasteiger partial charge >= 0.3 is 12.1 Å². The van der Waals surface area contributed by atoms with Crippen LogP contribution in [0, 0.1) is 5.41 Å². The molecule has 0 heterocycles. The lowest BCUT2D eigenvalue weighted by atomic mass is 9.69. The Morgan fingerprint density at radius 3 is 2.18 bits per heavy atom. The van der Waals surface area contributed by atoms with E-state index in [0.29, 0.717) is 25.7 Å². The predicted octanol–water partition coefficient (Wildman–Crippen LogP) is 4.06. The number of benzene rings is 2. The highest BCUT2D eigenvalue weighted by Gasteiger charge is 2.44. The molecule has 0 aliphatic heterocycles. The number of carbonyl (C=O) groups excluding carboxylic acids is 2. The summed E-state index contributed by atoms with van der Waals surface area (Å²) < 4.78 is 5.56. The molecule has 3 N–H and O–H groups in total. The first-order valence-electron chi connectivity index (χ1n) is 11.6. The van der Waals surface area contributed by atoms with Crippen molar-refractivity contribution in [1.29, 1.82) is 0 Å². The molecule has 7 nitrogen and oxygen atoms in total. The lowest BCUT2D eigenvalue weighted by molar-refractivity contribution is -0.154. The van der Waals surface area contributed by atoms with E-state index in [1.165, 1.54) is 0 Å². The Labute approximate surface area is 193 Å².